The zero-order valence-corrected chi connectivity index (χ0v) is 23.8. The van der Waals surface area contributed by atoms with Crippen LogP contribution in [0.3, 0.4) is 0 Å². The van der Waals surface area contributed by atoms with E-state index in [1.165, 1.54) is 12.1 Å². The van der Waals surface area contributed by atoms with Crippen LogP contribution < -0.4 is 0 Å². The smallest absolute Gasteiger partial charge is 0.308 e. The molecule has 216 valence electrons. The van der Waals surface area contributed by atoms with Gasteiger partial charge in [-0.25, -0.2) is 4.98 Å². The highest BCUT2D eigenvalue weighted by Crippen LogP contribution is 2.49. The highest BCUT2D eigenvalue weighted by Gasteiger charge is 2.32. The first-order valence-electron chi connectivity index (χ1n) is 14.4. The summed E-state index contributed by atoms with van der Waals surface area (Å²) < 4.78 is 43.1. The summed E-state index contributed by atoms with van der Waals surface area (Å²) in [5.74, 6) is 0. The maximum Gasteiger partial charge on any atom is 0.416 e. The highest BCUT2D eigenvalue weighted by atomic mass is 19.4. The van der Waals surface area contributed by atoms with E-state index in [1.807, 2.05) is 126 Å². The number of alkyl halides is 3. The molecule has 0 N–H and O–H groups in total. The maximum atomic E-state index is 13.7. The van der Waals surface area contributed by atoms with Crippen LogP contribution in [0.1, 0.15) is 11.3 Å². The molecule has 0 aliphatic rings. The van der Waals surface area contributed by atoms with Crippen LogP contribution in [0.5, 0.6) is 0 Å². The van der Waals surface area contributed by atoms with Crippen LogP contribution in [0.15, 0.2) is 146 Å². The Bertz CT molecular complexity index is 2160. The van der Waals surface area contributed by atoms with E-state index in [1.54, 1.807) is 0 Å². The van der Waals surface area contributed by atoms with Crippen molar-refractivity contribution >= 4 is 10.8 Å². The average molecular weight is 592 g/mol. The van der Waals surface area contributed by atoms with Gasteiger partial charge >= 0.3 is 6.18 Å². The lowest BCUT2D eigenvalue weighted by molar-refractivity contribution is -0.137. The number of hydrogen-bond acceptors (Lipinski definition) is 2. The van der Waals surface area contributed by atoms with Crippen LogP contribution in [0.4, 0.5) is 13.2 Å². The fraction of sp³-hybridized carbons (Fsp3) is 0.0256. The fourth-order valence-corrected chi connectivity index (χ4v) is 5.96. The SMILES string of the molecule is N#Cc1nc(-c2ccccc2)c2c(-c3ccccc3)n(-c3ccc(C(F)(F)F)cc3)c(-c3ccccc3)c2c1-c1ccccc1. The van der Waals surface area contributed by atoms with Crippen molar-refractivity contribution in [2.45, 2.75) is 6.18 Å². The summed E-state index contributed by atoms with van der Waals surface area (Å²) >= 11 is 0. The molecule has 7 rings (SSSR count). The normalized spacial score (nSPS) is 11.4. The van der Waals surface area contributed by atoms with Crippen molar-refractivity contribution < 1.29 is 13.2 Å². The van der Waals surface area contributed by atoms with Gasteiger partial charge in [-0.1, -0.05) is 121 Å². The van der Waals surface area contributed by atoms with Crippen LogP contribution in [-0.4, -0.2) is 9.55 Å². The second-order valence-corrected chi connectivity index (χ2v) is 10.6. The Labute approximate surface area is 258 Å². The van der Waals surface area contributed by atoms with E-state index in [0.717, 1.165) is 56.5 Å². The number of nitriles is 1. The molecule has 6 heteroatoms. The quantitative estimate of drug-likeness (QED) is 0.200. The molecule has 2 aromatic heterocycles. The van der Waals surface area contributed by atoms with E-state index >= 15 is 0 Å². The summed E-state index contributed by atoms with van der Waals surface area (Å²) in [6.07, 6.45) is -4.48. The number of halogens is 3. The van der Waals surface area contributed by atoms with Crippen LogP contribution >= 0.6 is 0 Å². The molecule has 0 spiro atoms. The largest absolute Gasteiger partial charge is 0.416 e. The van der Waals surface area contributed by atoms with Crippen LogP contribution in [0.2, 0.25) is 0 Å². The Morgan fingerprint density at radius 1 is 0.533 bits per heavy atom. The third-order valence-electron chi connectivity index (χ3n) is 7.88. The standard InChI is InChI=1S/C39H24F3N3/c40-39(41,42)30-21-23-31(24-22-30)45-37(28-17-9-3-10-18-28)34-33(26-13-5-1-6-14-26)32(25-43)44-36(27-15-7-2-8-16-27)35(34)38(45)29-19-11-4-12-20-29/h1-24H. The molecule has 45 heavy (non-hydrogen) atoms. The van der Waals surface area contributed by atoms with Crippen molar-refractivity contribution in [2.75, 3.05) is 0 Å². The van der Waals surface area contributed by atoms with E-state index in [-0.39, 0.29) is 5.69 Å². The van der Waals surface area contributed by atoms with Crippen LogP contribution in [0.25, 0.3) is 61.4 Å². The first-order chi connectivity index (χ1) is 22.0. The third kappa shape index (κ3) is 4.95. The number of pyridine rings is 1. The van der Waals surface area contributed by atoms with Gasteiger partial charge in [0.1, 0.15) is 11.8 Å². The summed E-state index contributed by atoms with van der Waals surface area (Å²) in [6, 6.07) is 46.4. The predicted octanol–water partition coefficient (Wildman–Crippen LogP) is 10.6. The Kier molecular flexibility index (Phi) is 6.99. The molecule has 0 aliphatic carbocycles. The predicted molar refractivity (Wildman–Crippen MR) is 173 cm³/mol. The van der Waals surface area contributed by atoms with Gasteiger partial charge in [0.05, 0.1) is 22.6 Å². The fourth-order valence-electron chi connectivity index (χ4n) is 5.96. The van der Waals surface area contributed by atoms with Gasteiger partial charge < -0.3 is 4.57 Å². The second-order valence-electron chi connectivity index (χ2n) is 10.6. The topological polar surface area (TPSA) is 41.6 Å². The molecule has 0 aliphatic heterocycles. The molecule has 0 fully saturated rings. The van der Waals surface area contributed by atoms with Crippen molar-refractivity contribution in [3.05, 3.63) is 157 Å². The van der Waals surface area contributed by atoms with Crippen LogP contribution in [0, 0.1) is 11.3 Å². The molecular formula is C39H24F3N3. The number of benzene rings is 5. The van der Waals surface area contributed by atoms with Gasteiger partial charge in [0.25, 0.3) is 0 Å². The number of rotatable bonds is 5. The van der Waals surface area contributed by atoms with Gasteiger partial charge in [-0.2, -0.15) is 18.4 Å². The molecular weight excluding hydrogens is 567 g/mol. The van der Waals surface area contributed by atoms with Crippen molar-refractivity contribution in [1.82, 2.24) is 9.55 Å². The van der Waals surface area contributed by atoms with Crippen molar-refractivity contribution in [3.8, 4) is 56.7 Å². The molecule has 0 amide bonds. The Morgan fingerprint density at radius 2 is 0.978 bits per heavy atom. The molecule has 7 aromatic rings. The van der Waals surface area contributed by atoms with Gasteiger partial charge in [-0.3, -0.25) is 0 Å². The Morgan fingerprint density at radius 3 is 1.44 bits per heavy atom. The number of nitrogens with zero attached hydrogens (tertiary/aromatic N) is 3. The Balaban J connectivity index is 1.76. The molecule has 5 aromatic carbocycles. The zero-order chi connectivity index (χ0) is 31.0. The van der Waals surface area contributed by atoms with Crippen molar-refractivity contribution in [3.63, 3.8) is 0 Å². The summed E-state index contributed by atoms with van der Waals surface area (Å²) in [5.41, 5.74) is 6.20. The minimum Gasteiger partial charge on any atom is -0.308 e. The summed E-state index contributed by atoms with van der Waals surface area (Å²) in [4.78, 5) is 5.02. The summed E-state index contributed by atoms with van der Waals surface area (Å²) in [6.45, 7) is 0. The molecule has 0 atom stereocenters. The summed E-state index contributed by atoms with van der Waals surface area (Å²) in [7, 11) is 0. The number of aromatic nitrogens is 2. The van der Waals surface area contributed by atoms with Gasteiger partial charge in [0.2, 0.25) is 0 Å². The number of hydrogen-bond donors (Lipinski definition) is 0. The number of fused-ring (bicyclic) bond motifs is 1. The molecule has 0 saturated carbocycles. The molecule has 0 unspecified atom stereocenters. The lowest BCUT2D eigenvalue weighted by Crippen LogP contribution is -2.06. The van der Waals surface area contributed by atoms with Gasteiger partial charge in [-0.15, -0.1) is 0 Å². The minimum absolute atomic E-state index is 0.258. The molecule has 0 bridgehead atoms. The minimum atomic E-state index is -4.48. The zero-order valence-electron chi connectivity index (χ0n) is 23.8. The van der Waals surface area contributed by atoms with E-state index in [2.05, 4.69) is 6.07 Å². The van der Waals surface area contributed by atoms with Crippen molar-refractivity contribution in [1.29, 1.82) is 5.26 Å². The first kappa shape index (κ1) is 27.9. The lowest BCUT2D eigenvalue weighted by Gasteiger charge is -2.16. The summed E-state index contributed by atoms with van der Waals surface area (Å²) in [5, 5.41) is 12.1. The first-order valence-corrected chi connectivity index (χ1v) is 14.4. The monoisotopic (exact) mass is 591 g/mol. The molecule has 3 nitrogen and oxygen atoms in total. The van der Waals surface area contributed by atoms with Gasteiger partial charge in [0.15, 0.2) is 0 Å². The van der Waals surface area contributed by atoms with E-state index < -0.39 is 11.7 Å². The van der Waals surface area contributed by atoms with Gasteiger partial charge in [-0.05, 0) is 41.0 Å². The van der Waals surface area contributed by atoms with Crippen molar-refractivity contribution in [2.24, 2.45) is 0 Å². The van der Waals surface area contributed by atoms with E-state index in [9.17, 15) is 18.4 Å². The van der Waals surface area contributed by atoms with Gasteiger partial charge in [0, 0.05) is 27.6 Å². The maximum absolute atomic E-state index is 13.7. The van der Waals surface area contributed by atoms with E-state index in [0.29, 0.717) is 16.9 Å². The highest BCUT2D eigenvalue weighted by molar-refractivity contribution is 6.18. The van der Waals surface area contributed by atoms with E-state index in [4.69, 9.17) is 4.98 Å². The average Bonchev–Trinajstić information content (AvgIpc) is 3.44. The van der Waals surface area contributed by atoms with Crippen LogP contribution in [-0.2, 0) is 6.18 Å². The third-order valence-corrected chi connectivity index (χ3v) is 7.88. The second kappa shape index (κ2) is 11.3. The lowest BCUT2D eigenvalue weighted by atomic mass is 9.92. The molecule has 0 radical (unpaired) electrons. The Hall–Kier alpha value is -5.93. The molecule has 0 saturated heterocycles. The molecule has 2 heterocycles.